The van der Waals surface area contributed by atoms with E-state index in [-0.39, 0.29) is 25.0 Å². The van der Waals surface area contributed by atoms with Crippen LogP contribution in [0, 0.1) is 5.92 Å². The van der Waals surface area contributed by atoms with Crippen molar-refractivity contribution < 1.29 is 24.6 Å². The Morgan fingerprint density at radius 2 is 1.40 bits per heavy atom. The van der Waals surface area contributed by atoms with Crippen LogP contribution in [-0.4, -0.2) is 47.6 Å². The lowest BCUT2D eigenvalue weighted by molar-refractivity contribution is -0.139. The molecular weight excluding hydrogens is 542 g/mol. The summed E-state index contributed by atoms with van der Waals surface area (Å²) in [4.78, 5) is 45.2. The smallest absolute Gasteiger partial charge is 0.264 e. The highest BCUT2D eigenvalue weighted by atomic mass is 16.3. The normalized spacial score (nSPS) is 22.8. The third kappa shape index (κ3) is 6.55. The molecule has 0 aliphatic carbocycles. The van der Waals surface area contributed by atoms with Crippen molar-refractivity contribution in [2.45, 2.75) is 89.7 Å². The predicted molar refractivity (Wildman–Crippen MR) is 169 cm³/mol. The summed E-state index contributed by atoms with van der Waals surface area (Å²) in [6.07, 6.45) is 13.1. The van der Waals surface area contributed by atoms with E-state index in [2.05, 4.69) is 0 Å². The summed E-state index contributed by atoms with van der Waals surface area (Å²) in [6, 6.07) is 13.3. The van der Waals surface area contributed by atoms with E-state index in [9.17, 15) is 24.6 Å². The summed E-state index contributed by atoms with van der Waals surface area (Å²) < 4.78 is 0. The molecule has 0 bridgehead atoms. The van der Waals surface area contributed by atoms with Crippen LogP contribution in [-0.2, 0) is 26.5 Å². The molecule has 2 atom stereocenters. The van der Waals surface area contributed by atoms with Gasteiger partial charge in [-0.05, 0) is 68.0 Å². The number of amides is 3. The number of aliphatic hydroxyl groups excluding tert-OH is 1. The molecular formula is C35H45N3O5. The van der Waals surface area contributed by atoms with E-state index in [0.29, 0.717) is 49.3 Å². The fraction of sp³-hybridized carbons (Fsp3) is 0.514. The second kappa shape index (κ2) is 13.9. The first kappa shape index (κ1) is 31.0. The topological polar surface area (TPSA) is 101 Å². The maximum atomic E-state index is 14.1. The highest BCUT2D eigenvalue weighted by Crippen LogP contribution is 2.47. The highest BCUT2D eigenvalue weighted by Gasteiger charge is 2.52. The molecule has 0 saturated carbocycles. The average molecular weight is 588 g/mol. The molecule has 2 aromatic carbocycles. The summed E-state index contributed by atoms with van der Waals surface area (Å²) in [7, 11) is 0. The minimum Gasteiger partial charge on any atom is -0.396 e. The van der Waals surface area contributed by atoms with Gasteiger partial charge in [0.15, 0.2) is 5.60 Å². The molecule has 2 aromatic rings. The molecule has 3 heterocycles. The number of anilines is 3. The van der Waals surface area contributed by atoms with Crippen LogP contribution in [0.1, 0.15) is 88.7 Å². The third-order valence-electron chi connectivity index (χ3n) is 9.18. The minimum atomic E-state index is -1.82. The zero-order valence-electron chi connectivity index (χ0n) is 25.3. The van der Waals surface area contributed by atoms with Gasteiger partial charge in [-0.25, -0.2) is 0 Å². The first-order chi connectivity index (χ1) is 20.8. The molecule has 0 spiro atoms. The Morgan fingerprint density at radius 1 is 0.814 bits per heavy atom. The zero-order chi connectivity index (χ0) is 30.4. The Morgan fingerprint density at radius 3 is 2.02 bits per heavy atom. The van der Waals surface area contributed by atoms with Gasteiger partial charge in [0.2, 0.25) is 11.8 Å². The Kier molecular flexibility index (Phi) is 9.98. The van der Waals surface area contributed by atoms with Crippen molar-refractivity contribution in [2.24, 2.45) is 5.92 Å². The number of fused-ring (bicyclic) bond motifs is 1. The molecule has 2 fully saturated rings. The Hall–Kier alpha value is -3.49. The second-order valence-corrected chi connectivity index (χ2v) is 12.2. The zero-order valence-corrected chi connectivity index (χ0v) is 25.3. The lowest BCUT2D eigenvalue weighted by Crippen LogP contribution is -2.44. The molecule has 2 saturated heterocycles. The van der Waals surface area contributed by atoms with Gasteiger partial charge in [-0.15, -0.1) is 0 Å². The lowest BCUT2D eigenvalue weighted by Gasteiger charge is -2.29. The molecule has 8 heteroatoms. The van der Waals surface area contributed by atoms with Crippen LogP contribution >= 0.6 is 0 Å². The summed E-state index contributed by atoms with van der Waals surface area (Å²) in [5, 5.41) is 21.4. The maximum Gasteiger partial charge on any atom is 0.264 e. The maximum absolute atomic E-state index is 14.1. The molecule has 0 aromatic heterocycles. The fourth-order valence-electron chi connectivity index (χ4n) is 6.60. The van der Waals surface area contributed by atoms with Crippen LogP contribution in [0.3, 0.4) is 0 Å². The highest BCUT2D eigenvalue weighted by molar-refractivity contribution is 6.08. The molecule has 5 rings (SSSR count). The molecule has 0 radical (unpaired) electrons. The number of benzene rings is 2. The van der Waals surface area contributed by atoms with Gasteiger partial charge in [-0.1, -0.05) is 56.9 Å². The number of carbonyl (C=O) groups is 3. The molecule has 0 unspecified atom stereocenters. The Labute approximate surface area is 255 Å². The standard InChI is InChI=1S/C35H45N3O5/c1-26(12-8-11-23-39)35(43)30-24-29(37-22-10-5-3-7-14-33(37)41)19-20-31(30)38(34(35)42)25-27-15-17-28(18-16-27)36-21-9-4-2-6-13-32(36)40/h8,12,15-20,24,26,39,43H,2-7,9-11,13-14,21-23,25H2,1H3/b12-8+/t26-,35+/m0/s1. The summed E-state index contributed by atoms with van der Waals surface area (Å²) >= 11 is 0. The van der Waals surface area contributed by atoms with Gasteiger partial charge in [0.05, 0.1) is 12.2 Å². The van der Waals surface area contributed by atoms with Crippen molar-refractivity contribution in [3.63, 3.8) is 0 Å². The van der Waals surface area contributed by atoms with Crippen LogP contribution < -0.4 is 14.7 Å². The second-order valence-electron chi connectivity index (χ2n) is 12.2. The largest absolute Gasteiger partial charge is 0.396 e. The van der Waals surface area contributed by atoms with Crippen molar-refractivity contribution in [1.29, 1.82) is 0 Å². The van der Waals surface area contributed by atoms with Gasteiger partial charge in [0.1, 0.15) is 0 Å². The minimum absolute atomic E-state index is 0.0153. The van der Waals surface area contributed by atoms with Gasteiger partial charge in [0, 0.05) is 55.4 Å². The predicted octanol–water partition coefficient (Wildman–Crippen LogP) is 5.59. The Bertz CT molecular complexity index is 1340. The van der Waals surface area contributed by atoms with Gasteiger partial charge < -0.3 is 24.9 Å². The number of carbonyl (C=O) groups excluding carboxylic acids is 3. The number of aliphatic hydroxyl groups is 2. The molecule has 3 amide bonds. The molecule has 2 N–H and O–H groups in total. The van der Waals surface area contributed by atoms with Crippen LogP contribution in [0.4, 0.5) is 17.1 Å². The number of nitrogens with zero attached hydrogens (tertiary/aromatic N) is 3. The van der Waals surface area contributed by atoms with Crippen molar-refractivity contribution in [2.75, 3.05) is 34.4 Å². The van der Waals surface area contributed by atoms with Crippen molar-refractivity contribution >= 4 is 34.8 Å². The Balaban J connectivity index is 1.45. The molecule has 3 aliphatic rings. The van der Waals surface area contributed by atoms with Crippen LogP contribution in [0.5, 0.6) is 0 Å². The van der Waals surface area contributed by atoms with E-state index >= 15 is 0 Å². The molecule has 230 valence electrons. The van der Waals surface area contributed by atoms with Crippen molar-refractivity contribution in [3.8, 4) is 0 Å². The van der Waals surface area contributed by atoms with Crippen LogP contribution in [0.15, 0.2) is 54.6 Å². The van der Waals surface area contributed by atoms with Crippen molar-refractivity contribution in [1.82, 2.24) is 0 Å². The van der Waals surface area contributed by atoms with Crippen LogP contribution in [0.25, 0.3) is 0 Å². The lowest BCUT2D eigenvalue weighted by atomic mass is 9.82. The fourth-order valence-corrected chi connectivity index (χ4v) is 6.60. The number of rotatable bonds is 8. The average Bonchev–Trinajstić information content (AvgIpc) is 3.20. The summed E-state index contributed by atoms with van der Waals surface area (Å²) in [5.41, 5.74) is 1.76. The molecule has 8 nitrogen and oxygen atoms in total. The third-order valence-corrected chi connectivity index (χ3v) is 9.18. The van der Waals surface area contributed by atoms with Gasteiger partial charge in [-0.3, -0.25) is 14.4 Å². The first-order valence-corrected chi connectivity index (χ1v) is 16.0. The van der Waals surface area contributed by atoms with E-state index in [1.165, 1.54) is 0 Å². The van der Waals surface area contributed by atoms with E-state index in [4.69, 9.17) is 0 Å². The van der Waals surface area contributed by atoms with E-state index in [0.717, 1.165) is 62.6 Å². The van der Waals surface area contributed by atoms with Gasteiger partial charge in [0.25, 0.3) is 5.91 Å². The summed E-state index contributed by atoms with van der Waals surface area (Å²) in [6.45, 7) is 3.39. The van der Waals surface area contributed by atoms with E-state index in [1.54, 1.807) is 22.0 Å². The first-order valence-electron chi connectivity index (χ1n) is 16.0. The monoisotopic (exact) mass is 587 g/mol. The van der Waals surface area contributed by atoms with Gasteiger partial charge >= 0.3 is 0 Å². The molecule has 43 heavy (non-hydrogen) atoms. The van der Waals surface area contributed by atoms with Gasteiger partial charge in [-0.2, -0.15) is 0 Å². The summed E-state index contributed by atoms with van der Waals surface area (Å²) in [5.74, 6) is -0.755. The van der Waals surface area contributed by atoms with Crippen molar-refractivity contribution in [3.05, 3.63) is 65.7 Å². The number of hydrogen-bond acceptors (Lipinski definition) is 5. The number of hydrogen-bond donors (Lipinski definition) is 2. The van der Waals surface area contributed by atoms with Crippen LogP contribution in [0.2, 0.25) is 0 Å². The van der Waals surface area contributed by atoms with E-state index in [1.807, 2.05) is 54.3 Å². The SMILES string of the molecule is C[C@@H](/C=C/CCO)[C@]1(O)C(=O)N(Cc2ccc(N3CCCCCCC3=O)cc2)c2ccc(N3CCCCCCC3=O)cc21. The quantitative estimate of drug-likeness (QED) is 0.392. The van der Waals surface area contributed by atoms with E-state index < -0.39 is 17.4 Å². The molecule has 3 aliphatic heterocycles.